The highest BCUT2D eigenvalue weighted by molar-refractivity contribution is 7.89. The predicted octanol–water partition coefficient (Wildman–Crippen LogP) is 3.77. The Morgan fingerprint density at radius 1 is 1.06 bits per heavy atom. The van der Waals surface area contributed by atoms with E-state index in [2.05, 4.69) is 5.32 Å². The molecule has 0 spiro atoms. The quantitative estimate of drug-likeness (QED) is 0.609. The number of benzene rings is 2. The third kappa shape index (κ3) is 3.81. The summed E-state index contributed by atoms with van der Waals surface area (Å²) in [5, 5.41) is 13.1. The van der Waals surface area contributed by atoms with Crippen LogP contribution in [0.3, 0.4) is 0 Å². The summed E-state index contributed by atoms with van der Waals surface area (Å²) in [6, 6.07) is 5.65. The number of halogens is 4. The molecule has 2 bridgehead atoms. The molecule has 0 amide bonds. The average Bonchev–Trinajstić information content (AvgIpc) is 3.02. The predicted molar refractivity (Wildman–Crippen MR) is 115 cm³/mol. The van der Waals surface area contributed by atoms with Gasteiger partial charge in [-0.05, 0) is 43.4 Å². The van der Waals surface area contributed by atoms with Crippen LogP contribution in [-0.2, 0) is 20.3 Å². The van der Waals surface area contributed by atoms with Gasteiger partial charge in [-0.25, -0.2) is 21.6 Å². The molecule has 0 aliphatic carbocycles. The first-order valence-electron chi connectivity index (χ1n) is 10.6. The van der Waals surface area contributed by atoms with E-state index in [4.69, 9.17) is 16.3 Å². The number of piperidine rings is 1. The Labute approximate surface area is 194 Å². The minimum absolute atomic E-state index is 0.00267. The first kappa shape index (κ1) is 22.9. The number of aliphatic hydroxyl groups is 1. The number of hydrogen-bond acceptors (Lipinski definition) is 5. The molecule has 2 N–H and O–H groups in total. The number of ether oxygens (including phenoxy) is 1. The molecule has 3 saturated heterocycles. The number of aliphatic hydroxyl groups excluding tert-OH is 1. The van der Waals surface area contributed by atoms with Crippen LogP contribution in [0.25, 0.3) is 0 Å². The van der Waals surface area contributed by atoms with Crippen LogP contribution < -0.4 is 5.32 Å². The molecule has 2 aromatic rings. The van der Waals surface area contributed by atoms with Crippen molar-refractivity contribution in [2.75, 3.05) is 18.5 Å². The molecule has 0 radical (unpaired) electrons. The van der Waals surface area contributed by atoms with Crippen LogP contribution in [0.4, 0.5) is 18.9 Å². The maximum atomic E-state index is 13.7. The van der Waals surface area contributed by atoms with Crippen molar-refractivity contribution >= 4 is 27.3 Å². The molecule has 2 unspecified atom stereocenters. The lowest BCUT2D eigenvalue weighted by Crippen LogP contribution is -2.53. The molecule has 3 fully saturated rings. The summed E-state index contributed by atoms with van der Waals surface area (Å²) in [4.78, 5) is -0.0699. The van der Waals surface area contributed by atoms with Gasteiger partial charge >= 0.3 is 0 Å². The molecule has 6 nitrogen and oxygen atoms in total. The third-order valence-corrected chi connectivity index (χ3v) is 9.23. The van der Waals surface area contributed by atoms with Gasteiger partial charge in [0.15, 0.2) is 17.5 Å². The minimum Gasteiger partial charge on any atom is -0.393 e. The molecular weight excluding hydrogens is 481 g/mol. The number of anilines is 1. The average molecular weight is 503 g/mol. The molecule has 3 aliphatic heterocycles. The lowest BCUT2D eigenvalue weighted by Gasteiger charge is -2.43. The summed E-state index contributed by atoms with van der Waals surface area (Å²) in [5.74, 6) is -4.24. The van der Waals surface area contributed by atoms with Crippen LogP contribution >= 0.6 is 11.6 Å². The van der Waals surface area contributed by atoms with Gasteiger partial charge in [-0.2, -0.15) is 4.31 Å². The van der Waals surface area contributed by atoms with E-state index in [9.17, 15) is 26.7 Å². The first-order chi connectivity index (χ1) is 15.6. The molecule has 0 saturated carbocycles. The molecule has 3 aliphatic rings. The maximum Gasteiger partial charge on any atom is 0.245 e. The summed E-state index contributed by atoms with van der Waals surface area (Å²) in [5.41, 5.74) is -0.466. The summed E-state index contributed by atoms with van der Waals surface area (Å²) in [6.07, 6.45) is 1.60. The molecule has 2 atom stereocenters. The van der Waals surface area contributed by atoms with Crippen molar-refractivity contribution in [1.82, 2.24) is 4.31 Å². The lowest BCUT2D eigenvalue weighted by molar-refractivity contribution is -0.0448. The van der Waals surface area contributed by atoms with E-state index in [1.54, 1.807) is 6.07 Å². The van der Waals surface area contributed by atoms with Gasteiger partial charge in [0.25, 0.3) is 0 Å². The van der Waals surface area contributed by atoms with Gasteiger partial charge in [0.05, 0.1) is 24.3 Å². The Hall–Kier alpha value is -1.85. The van der Waals surface area contributed by atoms with Gasteiger partial charge in [0.2, 0.25) is 10.0 Å². The Balaban J connectivity index is 1.51. The Morgan fingerprint density at radius 3 is 2.21 bits per heavy atom. The minimum atomic E-state index is -3.96. The van der Waals surface area contributed by atoms with E-state index >= 15 is 0 Å². The highest BCUT2D eigenvalue weighted by Crippen LogP contribution is 2.43. The van der Waals surface area contributed by atoms with Crippen LogP contribution in [0.1, 0.15) is 31.2 Å². The van der Waals surface area contributed by atoms with Crippen molar-refractivity contribution < 1.29 is 31.4 Å². The van der Waals surface area contributed by atoms with Crippen molar-refractivity contribution in [3.8, 4) is 0 Å². The van der Waals surface area contributed by atoms with Gasteiger partial charge in [0, 0.05) is 29.9 Å². The second-order valence-corrected chi connectivity index (χ2v) is 11.2. The van der Waals surface area contributed by atoms with Crippen molar-refractivity contribution in [2.45, 2.75) is 54.3 Å². The maximum absolute atomic E-state index is 13.7. The number of rotatable bonds is 5. The molecule has 3 heterocycles. The van der Waals surface area contributed by atoms with Crippen molar-refractivity contribution in [2.24, 2.45) is 0 Å². The summed E-state index contributed by atoms with van der Waals surface area (Å²) < 4.78 is 74.8. The van der Waals surface area contributed by atoms with Crippen LogP contribution in [-0.4, -0.2) is 49.2 Å². The fourth-order valence-electron chi connectivity index (χ4n) is 5.13. The van der Waals surface area contributed by atoms with Gasteiger partial charge in [0.1, 0.15) is 10.4 Å². The summed E-state index contributed by atoms with van der Waals surface area (Å²) >= 11 is 6.33. The zero-order valence-electron chi connectivity index (χ0n) is 17.4. The smallest absolute Gasteiger partial charge is 0.245 e. The van der Waals surface area contributed by atoms with Gasteiger partial charge < -0.3 is 15.2 Å². The van der Waals surface area contributed by atoms with Crippen molar-refractivity contribution in [3.05, 3.63) is 58.4 Å². The molecule has 11 heteroatoms. The second-order valence-electron chi connectivity index (χ2n) is 8.94. The third-order valence-electron chi connectivity index (χ3n) is 6.74. The zero-order chi connectivity index (χ0) is 23.5. The van der Waals surface area contributed by atoms with Crippen molar-refractivity contribution in [3.63, 3.8) is 0 Å². The van der Waals surface area contributed by atoms with E-state index in [1.807, 2.05) is 0 Å². The number of fused-ring (bicyclic) bond motifs is 2. The van der Waals surface area contributed by atoms with Crippen molar-refractivity contribution in [1.29, 1.82) is 0 Å². The molecule has 178 valence electrons. The highest BCUT2D eigenvalue weighted by atomic mass is 35.5. The van der Waals surface area contributed by atoms with E-state index in [1.165, 1.54) is 16.4 Å². The number of hydrogen-bond donors (Lipinski definition) is 2. The normalized spacial score (nSPS) is 26.8. The van der Waals surface area contributed by atoms with E-state index in [-0.39, 0.29) is 40.9 Å². The lowest BCUT2D eigenvalue weighted by atomic mass is 9.87. The van der Waals surface area contributed by atoms with Crippen LogP contribution in [0, 0.1) is 17.5 Å². The number of sulfonamides is 1. The zero-order valence-corrected chi connectivity index (χ0v) is 19.0. The largest absolute Gasteiger partial charge is 0.393 e. The van der Waals surface area contributed by atoms with Crippen LogP contribution in [0.15, 0.2) is 35.2 Å². The standard InChI is InChI=1S/C22H22ClF3N2O4S/c23-17-4-1-12(22(10-32-11-22)27-13-6-18(24)21(26)19(25)7-13)5-20(17)33(30,31)28-14-2-3-15(28)9-16(29)8-14/h1,4-7,14-16,27,29H,2-3,8-11H2. The molecule has 33 heavy (non-hydrogen) atoms. The highest BCUT2D eigenvalue weighted by Gasteiger charge is 2.48. The number of nitrogens with one attached hydrogen (secondary N) is 1. The molecule has 0 aromatic heterocycles. The van der Waals surface area contributed by atoms with Gasteiger partial charge in [-0.15, -0.1) is 0 Å². The Kier molecular flexibility index (Phi) is 5.64. The van der Waals surface area contributed by atoms with Gasteiger partial charge in [-0.1, -0.05) is 17.7 Å². The first-order valence-corrected chi connectivity index (χ1v) is 12.4. The second kappa shape index (κ2) is 8.13. The fraction of sp³-hybridized carbons (Fsp3) is 0.455. The molecule has 2 aromatic carbocycles. The summed E-state index contributed by atoms with van der Waals surface area (Å²) in [7, 11) is -3.96. The number of nitrogens with zero attached hydrogens (tertiary/aromatic N) is 1. The molecule has 5 rings (SSSR count). The fourth-order valence-corrected chi connectivity index (χ4v) is 7.53. The van der Waals surface area contributed by atoms with E-state index in [0.717, 1.165) is 12.1 Å². The van der Waals surface area contributed by atoms with Crippen LogP contribution in [0.2, 0.25) is 5.02 Å². The van der Waals surface area contributed by atoms with Gasteiger partial charge in [-0.3, -0.25) is 0 Å². The topological polar surface area (TPSA) is 78.9 Å². The Bertz CT molecular complexity index is 1170. The molecular formula is C22H22ClF3N2O4S. The van der Waals surface area contributed by atoms with Crippen LogP contribution in [0.5, 0.6) is 0 Å². The van der Waals surface area contributed by atoms with E-state index in [0.29, 0.717) is 31.2 Å². The van der Waals surface area contributed by atoms with E-state index < -0.39 is 39.1 Å². The Morgan fingerprint density at radius 2 is 1.67 bits per heavy atom. The monoisotopic (exact) mass is 502 g/mol. The SMILES string of the molecule is O=S(=O)(c1cc(C2(Nc3cc(F)c(F)c(F)c3)COC2)ccc1Cl)N1C2CCC1CC(O)C2. The summed E-state index contributed by atoms with van der Waals surface area (Å²) in [6.45, 7) is 0.214.